The maximum absolute atomic E-state index is 12.2. The van der Waals surface area contributed by atoms with Gasteiger partial charge < -0.3 is 5.73 Å². The lowest BCUT2D eigenvalue weighted by Crippen LogP contribution is -2.10. The summed E-state index contributed by atoms with van der Waals surface area (Å²) in [5.41, 5.74) is 3.77. The number of halogens is 4. The molecular weight excluding hydrogens is 237 g/mol. The molecule has 66 valence electrons. The van der Waals surface area contributed by atoms with Crippen molar-refractivity contribution in [2.45, 2.75) is 6.18 Å². The van der Waals surface area contributed by atoms with Gasteiger partial charge in [-0.1, -0.05) is 0 Å². The first-order chi connectivity index (χ1) is 6.25. The Hall–Kier alpha value is -0.780. The van der Waals surface area contributed by atoms with E-state index in [1.165, 1.54) is 0 Å². The lowest BCUT2D eigenvalue weighted by atomic mass is 10.3. The third kappa shape index (κ3) is 1.88. The van der Waals surface area contributed by atoms with Crippen molar-refractivity contribution in [2.75, 3.05) is 5.73 Å². The first-order valence-corrected chi connectivity index (χ1v) is 3.53. The fraction of sp³-hybridized carbons (Fsp3) is 0.167. The van der Waals surface area contributed by atoms with Crippen molar-refractivity contribution < 1.29 is 15.9 Å². The van der Waals surface area contributed by atoms with E-state index in [-0.39, 0.29) is 0 Å². The number of aromatic nitrogens is 1. The van der Waals surface area contributed by atoms with Gasteiger partial charge in [0, 0.05) is 4.47 Å². The highest BCUT2D eigenvalue weighted by molar-refractivity contribution is 9.10. The van der Waals surface area contributed by atoms with Gasteiger partial charge in [0.05, 0.1) is 2.74 Å². The van der Waals surface area contributed by atoms with Crippen molar-refractivity contribution in [3.8, 4) is 0 Å². The average Bonchev–Trinajstić information content (AvgIpc) is 2.06. The molecular formula is C6H4BrF3N2. The summed E-state index contributed by atoms with van der Waals surface area (Å²) >= 11 is 2.56. The zero-order valence-corrected chi connectivity index (χ0v) is 7.12. The van der Waals surface area contributed by atoms with Crippen molar-refractivity contribution in [3.63, 3.8) is 0 Å². The molecule has 2 N–H and O–H groups in total. The van der Waals surface area contributed by atoms with Crippen molar-refractivity contribution in [1.82, 2.24) is 4.98 Å². The van der Waals surface area contributed by atoms with Crippen LogP contribution < -0.4 is 5.73 Å². The molecule has 0 bridgehead atoms. The SMILES string of the molecule is [2H]c1c(N)nc(C(F)(F)F)c(Br)c1[2H]. The summed E-state index contributed by atoms with van der Waals surface area (Å²) in [6, 6.07) is -1.14. The van der Waals surface area contributed by atoms with Crippen LogP contribution in [0.15, 0.2) is 16.6 Å². The smallest absolute Gasteiger partial charge is 0.384 e. The van der Waals surface area contributed by atoms with Crippen molar-refractivity contribution >= 4 is 21.7 Å². The van der Waals surface area contributed by atoms with Crippen molar-refractivity contribution in [3.05, 3.63) is 22.3 Å². The summed E-state index contributed by atoms with van der Waals surface area (Å²) in [6.07, 6.45) is -4.68. The molecule has 0 aromatic carbocycles. The minimum atomic E-state index is -4.68. The molecule has 1 aromatic rings. The van der Waals surface area contributed by atoms with E-state index in [1.807, 2.05) is 0 Å². The molecule has 0 aliphatic rings. The standard InChI is InChI=1S/C6H4BrF3N2/c7-3-1-2-4(11)12-5(3)6(8,9)10/h1-2H,(H2,11,12)/i1D,2D. The normalized spacial score (nSPS) is 14.0. The predicted octanol–water partition coefficient (Wildman–Crippen LogP) is 2.45. The van der Waals surface area contributed by atoms with Gasteiger partial charge in [0.1, 0.15) is 5.82 Å². The second kappa shape index (κ2) is 2.93. The molecule has 1 heterocycles. The predicted molar refractivity (Wildman–Crippen MR) is 41.4 cm³/mol. The van der Waals surface area contributed by atoms with Gasteiger partial charge >= 0.3 is 6.18 Å². The molecule has 1 rings (SSSR count). The molecule has 0 aliphatic heterocycles. The lowest BCUT2D eigenvalue weighted by molar-refractivity contribution is -0.141. The van der Waals surface area contributed by atoms with Crippen molar-refractivity contribution in [2.24, 2.45) is 0 Å². The van der Waals surface area contributed by atoms with E-state index in [0.717, 1.165) is 0 Å². The number of nitrogens with zero attached hydrogens (tertiary/aromatic N) is 1. The van der Waals surface area contributed by atoms with Crippen LogP contribution in [0.3, 0.4) is 0 Å². The first kappa shape index (κ1) is 6.71. The summed E-state index contributed by atoms with van der Waals surface area (Å²) in [5, 5.41) is 0. The van der Waals surface area contributed by atoms with Gasteiger partial charge in [0.2, 0.25) is 0 Å². The second-order valence-electron chi connectivity index (χ2n) is 1.91. The number of rotatable bonds is 0. The zero-order valence-electron chi connectivity index (χ0n) is 7.54. The van der Waals surface area contributed by atoms with E-state index in [4.69, 9.17) is 8.48 Å². The average molecular weight is 243 g/mol. The van der Waals surface area contributed by atoms with E-state index < -0.39 is 34.2 Å². The molecule has 0 spiro atoms. The van der Waals surface area contributed by atoms with E-state index in [1.54, 1.807) is 0 Å². The molecule has 6 heteroatoms. The molecule has 1 aromatic heterocycles. The number of alkyl halides is 3. The highest BCUT2D eigenvalue weighted by atomic mass is 79.9. The third-order valence-corrected chi connectivity index (χ3v) is 1.58. The van der Waals surface area contributed by atoms with Crippen LogP contribution in [0.4, 0.5) is 19.0 Å². The Balaban J connectivity index is 3.49. The van der Waals surface area contributed by atoms with Gasteiger partial charge in [0.15, 0.2) is 5.69 Å². The highest BCUT2D eigenvalue weighted by Gasteiger charge is 2.34. The van der Waals surface area contributed by atoms with Crippen LogP contribution in [0, 0.1) is 0 Å². The largest absolute Gasteiger partial charge is 0.434 e. The van der Waals surface area contributed by atoms with E-state index >= 15 is 0 Å². The van der Waals surface area contributed by atoms with Gasteiger partial charge in [-0.2, -0.15) is 13.2 Å². The first-order valence-electron chi connectivity index (χ1n) is 3.74. The quantitative estimate of drug-likeness (QED) is 0.759. The fourth-order valence-electron chi connectivity index (χ4n) is 0.563. The number of pyridine rings is 1. The van der Waals surface area contributed by atoms with Gasteiger partial charge in [-0.25, -0.2) is 4.98 Å². The Labute approximate surface area is 77.5 Å². The summed E-state index contributed by atoms with van der Waals surface area (Å²) < 4.78 is 50.4. The van der Waals surface area contributed by atoms with E-state index in [2.05, 4.69) is 20.9 Å². The second-order valence-corrected chi connectivity index (χ2v) is 2.70. The minimum absolute atomic E-state index is 0.523. The number of anilines is 1. The molecule has 2 nitrogen and oxygen atoms in total. The molecule has 0 radical (unpaired) electrons. The number of nitrogen functional groups attached to an aromatic ring is 1. The van der Waals surface area contributed by atoms with Crippen LogP contribution >= 0.6 is 15.9 Å². The summed E-state index contributed by atoms with van der Waals surface area (Å²) in [7, 11) is 0. The number of hydrogen-bond acceptors (Lipinski definition) is 2. The number of hydrogen-bond donors (Lipinski definition) is 1. The zero-order chi connectivity index (χ0) is 11.1. The maximum atomic E-state index is 12.2. The van der Waals surface area contributed by atoms with Crippen LogP contribution in [-0.2, 0) is 6.18 Å². The Bertz CT molecular complexity index is 380. The third-order valence-electron chi connectivity index (χ3n) is 1.01. The monoisotopic (exact) mass is 242 g/mol. The van der Waals surface area contributed by atoms with Crippen LogP contribution in [-0.4, -0.2) is 4.98 Å². The van der Waals surface area contributed by atoms with Crippen molar-refractivity contribution in [1.29, 1.82) is 0 Å². The summed E-state index contributed by atoms with van der Waals surface area (Å²) in [4.78, 5) is 3.00. The molecule has 0 fully saturated rings. The van der Waals surface area contributed by atoms with Gasteiger partial charge in [-0.3, -0.25) is 0 Å². The minimum Gasteiger partial charge on any atom is -0.384 e. The van der Waals surface area contributed by atoms with Gasteiger partial charge in [-0.15, -0.1) is 0 Å². The molecule has 0 unspecified atom stereocenters. The van der Waals surface area contributed by atoms with Crippen LogP contribution in [0.1, 0.15) is 8.44 Å². The molecule has 0 saturated carbocycles. The molecule has 12 heavy (non-hydrogen) atoms. The Morgan fingerprint density at radius 1 is 1.50 bits per heavy atom. The van der Waals surface area contributed by atoms with Crippen LogP contribution in [0.2, 0.25) is 0 Å². The number of nitrogens with two attached hydrogens (primary N) is 1. The Morgan fingerprint density at radius 2 is 2.08 bits per heavy atom. The fourth-order valence-corrected chi connectivity index (χ4v) is 0.976. The molecule has 0 atom stereocenters. The van der Waals surface area contributed by atoms with E-state index in [0.29, 0.717) is 0 Å². The Morgan fingerprint density at radius 3 is 2.58 bits per heavy atom. The van der Waals surface area contributed by atoms with Crippen LogP contribution in [0.5, 0.6) is 0 Å². The molecule has 0 saturated heterocycles. The molecule has 0 aliphatic carbocycles. The molecule has 0 amide bonds. The summed E-state index contributed by atoms with van der Waals surface area (Å²) in [6.45, 7) is 0. The summed E-state index contributed by atoms with van der Waals surface area (Å²) in [5.74, 6) is -0.606. The van der Waals surface area contributed by atoms with Gasteiger partial charge in [-0.05, 0) is 28.0 Å². The highest BCUT2D eigenvalue weighted by Crippen LogP contribution is 2.33. The topological polar surface area (TPSA) is 38.9 Å². The van der Waals surface area contributed by atoms with Crippen LogP contribution in [0.25, 0.3) is 0 Å². The van der Waals surface area contributed by atoms with Gasteiger partial charge in [0.25, 0.3) is 0 Å². The Kier molecular flexibility index (Phi) is 1.64. The maximum Gasteiger partial charge on any atom is 0.434 e. The lowest BCUT2D eigenvalue weighted by Gasteiger charge is -2.07. The van der Waals surface area contributed by atoms with E-state index in [9.17, 15) is 13.2 Å².